The average molecular weight is 258 g/mol. The van der Waals surface area contributed by atoms with Crippen molar-refractivity contribution < 1.29 is 4.79 Å². The number of nitrogens with one attached hydrogen (secondary N) is 1. The highest BCUT2D eigenvalue weighted by Gasteiger charge is 2.23. The lowest BCUT2D eigenvalue weighted by atomic mass is 9.99. The monoisotopic (exact) mass is 258 g/mol. The zero-order valence-corrected chi connectivity index (χ0v) is 10.7. The van der Waals surface area contributed by atoms with Gasteiger partial charge in [-0.15, -0.1) is 0 Å². The largest absolute Gasteiger partial charge is 0.306 e. The molecule has 2 heterocycles. The Labute approximate surface area is 110 Å². The maximum atomic E-state index is 12.5. The first-order valence-corrected chi connectivity index (χ1v) is 7.20. The highest BCUT2D eigenvalue weighted by Crippen LogP contribution is 2.20. The first-order valence-electron chi connectivity index (χ1n) is 6.04. The lowest BCUT2D eigenvalue weighted by molar-refractivity contribution is 0.0954. The van der Waals surface area contributed by atoms with Crippen molar-refractivity contribution >= 4 is 28.3 Å². The number of aromatic nitrogens is 1. The number of rotatable bonds is 2. The summed E-state index contributed by atoms with van der Waals surface area (Å²) in [6, 6.07) is 7.68. The molecule has 0 aliphatic carbocycles. The van der Waals surface area contributed by atoms with Crippen molar-refractivity contribution in [2.75, 3.05) is 18.1 Å². The van der Waals surface area contributed by atoms with Crippen molar-refractivity contribution in [2.24, 2.45) is 0 Å². The van der Waals surface area contributed by atoms with Crippen LogP contribution in [0.3, 0.4) is 0 Å². The number of pyridine rings is 1. The molecule has 1 aliphatic rings. The molecule has 2 aromatic rings. The van der Waals surface area contributed by atoms with E-state index in [1.54, 1.807) is 12.4 Å². The van der Waals surface area contributed by atoms with Gasteiger partial charge in [-0.1, -0.05) is 18.2 Å². The highest BCUT2D eigenvalue weighted by atomic mass is 32.2. The summed E-state index contributed by atoms with van der Waals surface area (Å²) < 4.78 is 0. The normalized spacial score (nSPS) is 19.9. The van der Waals surface area contributed by atoms with Crippen LogP contribution in [0.1, 0.15) is 10.4 Å². The maximum absolute atomic E-state index is 12.5. The number of nitrogens with zero attached hydrogens (tertiary/aromatic N) is 1. The first-order chi connectivity index (χ1) is 8.86. The van der Waals surface area contributed by atoms with E-state index in [1.807, 2.05) is 36.0 Å². The lowest BCUT2D eigenvalue weighted by Gasteiger charge is -2.22. The van der Waals surface area contributed by atoms with Crippen LogP contribution in [0.5, 0.6) is 0 Å². The number of benzene rings is 1. The van der Waals surface area contributed by atoms with Crippen molar-refractivity contribution in [1.82, 2.24) is 10.3 Å². The van der Waals surface area contributed by atoms with Gasteiger partial charge in [-0.2, -0.15) is 11.8 Å². The standard InChI is InChI=1S/C14H14N2OS/c17-14(13-9-18-7-6-16-13)12-3-1-2-10-8-15-5-4-11(10)12/h1-5,8,13,16H,6-7,9H2. The molecule has 0 spiro atoms. The predicted molar refractivity (Wildman–Crippen MR) is 75.2 cm³/mol. The molecule has 3 nitrogen and oxygen atoms in total. The van der Waals surface area contributed by atoms with Crippen molar-refractivity contribution in [1.29, 1.82) is 0 Å². The Bertz CT molecular complexity index is 574. The predicted octanol–water partition coefficient (Wildman–Crippen LogP) is 2.12. The van der Waals surface area contributed by atoms with E-state index >= 15 is 0 Å². The lowest BCUT2D eigenvalue weighted by Crippen LogP contribution is -2.43. The van der Waals surface area contributed by atoms with Crippen LogP contribution in [-0.4, -0.2) is 34.9 Å². The molecule has 1 atom stereocenters. The maximum Gasteiger partial charge on any atom is 0.181 e. The molecule has 1 unspecified atom stereocenters. The number of fused-ring (bicyclic) bond motifs is 1. The summed E-state index contributed by atoms with van der Waals surface area (Å²) in [5.74, 6) is 2.14. The third-order valence-corrected chi connectivity index (χ3v) is 4.25. The molecule has 4 heteroatoms. The minimum Gasteiger partial charge on any atom is -0.306 e. The van der Waals surface area contributed by atoms with Gasteiger partial charge in [-0.3, -0.25) is 9.78 Å². The molecular formula is C14H14N2OS. The van der Waals surface area contributed by atoms with Crippen LogP contribution < -0.4 is 5.32 Å². The molecule has 0 bridgehead atoms. The summed E-state index contributed by atoms with van der Waals surface area (Å²) >= 11 is 1.84. The zero-order chi connectivity index (χ0) is 12.4. The number of Topliss-reactive ketones (excluding diaryl/α,β-unsaturated/α-hetero) is 1. The highest BCUT2D eigenvalue weighted by molar-refractivity contribution is 7.99. The van der Waals surface area contributed by atoms with Crippen LogP contribution in [0, 0.1) is 0 Å². The van der Waals surface area contributed by atoms with Gasteiger partial charge in [0.2, 0.25) is 0 Å². The van der Waals surface area contributed by atoms with Crippen molar-refractivity contribution in [3.63, 3.8) is 0 Å². The average Bonchev–Trinajstić information content (AvgIpc) is 2.47. The van der Waals surface area contributed by atoms with Gasteiger partial charge in [0.15, 0.2) is 5.78 Å². The molecule has 92 valence electrons. The van der Waals surface area contributed by atoms with Crippen LogP contribution in [-0.2, 0) is 0 Å². The summed E-state index contributed by atoms with van der Waals surface area (Å²) in [6.45, 7) is 0.910. The van der Waals surface area contributed by atoms with Crippen LogP contribution in [0.2, 0.25) is 0 Å². The van der Waals surface area contributed by atoms with E-state index in [0.717, 1.165) is 34.4 Å². The van der Waals surface area contributed by atoms with E-state index in [0.29, 0.717) is 0 Å². The Morgan fingerprint density at radius 3 is 3.17 bits per heavy atom. The van der Waals surface area contributed by atoms with E-state index in [2.05, 4.69) is 10.3 Å². The molecule has 1 N–H and O–H groups in total. The van der Waals surface area contributed by atoms with Crippen molar-refractivity contribution in [3.05, 3.63) is 42.2 Å². The number of hydrogen-bond donors (Lipinski definition) is 1. The molecule has 1 saturated heterocycles. The minimum atomic E-state index is -0.0532. The second kappa shape index (κ2) is 5.08. The quantitative estimate of drug-likeness (QED) is 0.838. The van der Waals surface area contributed by atoms with Crippen molar-refractivity contribution in [3.8, 4) is 0 Å². The second-order valence-electron chi connectivity index (χ2n) is 4.35. The zero-order valence-electron chi connectivity index (χ0n) is 9.93. The summed E-state index contributed by atoms with van der Waals surface area (Å²) in [4.78, 5) is 16.6. The van der Waals surface area contributed by atoms with Crippen LogP contribution in [0.25, 0.3) is 10.8 Å². The summed E-state index contributed by atoms with van der Waals surface area (Å²) in [6.07, 6.45) is 3.54. The number of carbonyl (C=O) groups is 1. The van der Waals surface area contributed by atoms with Crippen LogP contribution in [0.15, 0.2) is 36.7 Å². The topological polar surface area (TPSA) is 42.0 Å². The van der Waals surface area contributed by atoms with E-state index in [1.165, 1.54) is 0 Å². The molecule has 3 rings (SSSR count). The molecule has 0 amide bonds. The molecular weight excluding hydrogens is 244 g/mol. The fourth-order valence-electron chi connectivity index (χ4n) is 2.26. The van der Waals surface area contributed by atoms with Gasteiger partial charge in [0.05, 0.1) is 6.04 Å². The van der Waals surface area contributed by atoms with Crippen LogP contribution >= 0.6 is 11.8 Å². The third kappa shape index (κ3) is 2.13. The number of hydrogen-bond acceptors (Lipinski definition) is 4. The Balaban J connectivity index is 2.00. The van der Waals surface area contributed by atoms with Crippen molar-refractivity contribution in [2.45, 2.75) is 6.04 Å². The van der Waals surface area contributed by atoms with Gasteiger partial charge in [0.1, 0.15) is 0 Å². The van der Waals surface area contributed by atoms with E-state index in [9.17, 15) is 4.79 Å². The van der Waals surface area contributed by atoms with Gasteiger partial charge in [-0.05, 0) is 11.5 Å². The van der Waals surface area contributed by atoms with Gasteiger partial charge in [-0.25, -0.2) is 0 Å². The number of ketones is 1. The van der Waals surface area contributed by atoms with E-state index in [-0.39, 0.29) is 11.8 Å². The molecule has 1 aromatic carbocycles. The Kier molecular flexibility index (Phi) is 3.30. The fraction of sp³-hybridized carbons (Fsp3) is 0.286. The summed E-state index contributed by atoms with van der Waals surface area (Å²) in [7, 11) is 0. The number of thioether (sulfide) groups is 1. The Morgan fingerprint density at radius 1 is 1.39 bits per heavy atom. The molecule has 1 aliphatic heterocycles. The number of carbonyl (C=O) groups excluding carboxylic acids is 1. The summed E-state index contributed by atoms with van der Waals surface area (Å²) in [5.41, 5.74) is 0.801. The minimum absolute atomic E-state index is 0.0532. The van der Waals surface area contributed by atoms with E-state index < -0.39 is 0 Å². The van der Waals surface area contributed by atoms with Gasteiger partial charge in [0, 0.05) is 41.4 Å². The van der Waals surface area contributed by atoms with Gasteiger partial charge in [0.25, 0.3) is 0 Å². The second-order valence-corrected chi connectivity index (χ2v) is 5.50. The van der Waals surface area contributed by atoms with Crippen LogP contribution in [0.4, 0.5) is 0 Å². The molecule has 0 radical (unpaired) electrons. The van der Waals surface area contributed by atoms with E-state index in [4.69, 9.17) is 0 Å². The molecule has 18 heavy (non-hydrogen) atoms. The molecule has 1 fully saturated rings. The SMILES string of the molecule is O=C(c1cccc2cnccc12)C1CSCCN1. The fourth-order valence-corrected chi connectivity index (χ4v) is 3.19. The Morgan fingerprint density at radius 2 is 2.33 bits per heavy atom. The van der Waals surface area contributed by atoms with Gasteiger partial charge < -0.3 is 5.32 Å². The smallest absolute Gasteiger partial charge is 0.181 e. The van der Waals surface area contributed by atoms with Gasteiger partial charge >= 0.3 is 0 Å². The third-order valence-electron chi connectivity index (χ3n) is 3.18. The molecule has 1 aromatic heterocycles. The Hall–Kier alpha value is -1.39. The molecule has 0 saturated carbocycles. The first kappa shape index (κ1) is 11.7. The summed E-state index contributed by atoms with van der Waals surface area (Å²) in [5, 5.41) is 5.31.